The minimum Gasteiger partial charge on any atom is -0.491 e. The van der Waals surface area contributed by atoms with Crippen molar-refractivity contribution in [3.63, 3.8) is 0 Å². The molecule has 0 aliphatic heterocycles. The lowest BCUT2D eigenvalue weighted by Gasteiger charge is -2.14. The topological polar surface area (TPSA) is 38.3 Å². The van der Waals surface area contributed by atoms with Crippen molar-refractivity contribution in [1.29, 1.82) is 0 Å². The molecule has 1 N–H and O–H groups in total. The Morgan fingerprint density at radius 2 is 1.70 bits per heavy atom. The molecule has 2 aromatic rings. The summed E-state index contributed by atoms with van der Waals surface area (Å²) in [6, 6.07) is 11.4. The van der Waals surface area contributed by atoms with Gasteiger partial charge in [0, 0.05) is 5.02 Å². The van der Waals surface area contributed by atoms with Gasteiger partial charge < -0.3 is 10.1 Å². The van der Waals surface area contributed by atoms with Crippen LogP contribution in [0.1, 0.15) is 22.3 Å². The molecule has 0 aliphatic rings. The average molecular weight is 332 g/mol. The first-order chi connectivity index (χ1) is 11.0. The molecule has 1 amide bonds. The molecule has 0 saturated heterocycles. The van der Waals surface area contributed by atoms with Gasteiger partial charge in [-0.2, -0.15) is 0 Å². The average Bonchev–Trinajstić information content (AvgIpc) is 2.52. The highest BCUT2D eigenvalue weighted by molar-refractivity contribution is 6.30. The second-order valence-electron chi connectivity index (χ2n) is 5.66. The van der Waals surface area contributed by atoms with Crippen LogP contribution in [0.3, 0.4) is 0 Å². The van der Waals surface area contributed by atoms with E-state index in [1.54, 1.807) is 12.1 Å². The van der Waals surface area contributed by atoms with Crippen LogP contribution in [0, 0.1) is 20.8 Å². The number of carbonyl (C=O) groups excluding carboxylic acids is 1. The maximum Gasteiger partial charge on any atom is 0.224 e. The third kappa shape index (κ3) is 5.00. The van der Waals surface area contributed by atoms with Gasteiger partial charge in [-0.1, -0.05) is 35.9 Å². The Morgan fingerprint density at radius 1 is 1.04 bits per heavy atom. The van der Waals surface area contributed by atoms with Crippen LogP contribution in [-0.2, 0) is 11.2 Å². The van der Waals surface area contributed by atoms with E-state index >= 15 is 0 Å². The molecule has 23 heavy (non-hydrogen) atoms. The Bertz CT molecular complexity index is 681. The summed E-state index contributed by atoms with van der Waals surface area (Å²) >= 11 is 5.83. The first-order valence-corrected chi connectivity index (χ1v) is 8.06. The zero-order chi connectivity index (χ0) is 16.8. The van der Waals surface area contributed by atoms with Gasteiger partial charge in [-0.15, -0.1) is 0 Å². The molecule has 0 atom stereocenters. The summed E-state index contributed by atoms with van der Waals surface area (Å²) in [6.07, 6.45) is 0.347. The predicted molar refractivity (Wildman–Crippen MR) is 94.3 cm³/mol. The lowest BCUT2D eigenvalue weighted by Crippen LogP contribution is -2.29. The van der Waals surface area contributed by atoms with Gasteiger partial charge in [-0.25, -0.2) is 0 Å². The number of ether oxygens (including phenoxy) is 1. The summed E-state index contributed by atoms with van der Waals surface area (Å²) in [5.41, 5.74) is 4.41. The lowest BCUT2D eigenvalue weighted by molar-refractivity contribution is -0.120. The molecule has 0 spiro atoms. The lowest BCUT2D eigenvalue weighted by atomic mass is 10.1. The van der Waals surface area contributed by atoms with E-state index in [4.69, 9.17) is 16.3 Å². The van der Waals surface area contributed by atoms with Crippen LogP contribution in [0.4, 0.5) is 0 Å². The molecular weight excluding hydrogens is 310 g/mol. The molecule has 0 radical (unpaired) electrons. The predicted octanol–water partition coefficient (Wildman–Crippen LogP) is 4.00. The fourth-order valence-electron chi connectivity index (χ4n) is 2.34. The minimum atomic E-state index is -0.0198. The van der Waals surface area contributed by atoms with E-state index in [0.717, 1.165) is 22.4 Å². The highest BCUT2D eigenvalue weighted by atomic mass is 35.5. The third-order valence-electron chi connectivity index (χ3n) is 3.82. The number of hydrogen-bond acceptors (Lipinski definition) is 2. The van der Waals surface area contributed by atoms with Crippen molar-refractivity contribution in [3.05, 3.63) is 63.7 Å². The number of benzene rings is 2. The molecule has 2 aromatic carbocycles. The van der Waals surface area contributed by atoms with Crippen LogP contribution >= 0.6 is 11.6 Å². The molecule has 0 fully saturated rings. The van der Waals surface area contributed by atoms with Gasteiger partial charge >= 0.3 is 0 Å². The Hall–Kier alpha value is -2.00. The largest absolute Gasteiger partial charge is 0.491 e. The standard InChI is InChI=1S/C19H22ClNO2/c1-13-4-5-14(2)19(15(13)3)23-11-10-21-18(22)12-16-6-8-17(20)9-7-16/h4-9H,10-12H2,1-3H3,(H,21,22). The second-order valence-corrected chi connectivity index (χ2v) is 6.09. The molecule has 0 bridgehead atoms. The SMILES string of the molecule is Cc1ccc(C)c(OCCNC(=O)Cc2ccc(Cl)cc2)c1C. The van der Waals surface area contributed by atoms with Crippen LogP contribution < -0.4 is 10.1 Å². The van der Waals surface area contributed by atoms with Gasteiger partial charge in [0.15, 0.2) is 0 Å². The molecule has 0 aromatic heterocycles. The minimum absolute atomic E-state index is 0.0198. The number of hydrogen-bond donors (Lipinski definition) is 1. The van der Waals surface area contributed by atoms with Gasteiger partial charge in [-0.05, 0) is 55.2 Å². The van der Waals surface area contributed by atoms with E-state index in [1.807, 2.05) is 19.1 Å². The van der Waals surface area contributed by atoms with Gasteiger partial charge in [0.1, 0.15) is 12.4 Å². The van der Waals surface area contributed by atoms with E-state index < -0.39 is 0 Å². The van der Waals surface area contributed by atoms with Crippen molar-refractivity contribution in [1.82, 2.24) is 5.32 Å². The molecule has 0 heterocycles. The third-order valence-corrected chi connectivity index (χ3v) is 4.07. The molecule has 4 heteroatoms. The van der Waals surface area contributed by atoms with Crippen molar-refractivity contribution in [2.75, 3.05) is 13.2 Å². The van der Waals surface area contributed by atoms with Crippen molar-refractivity contribution in [2.45, 2.75) is 27.2 Å². The highest BCUT2D eigenvalue weighted by Gasteiger charge is 2.07. The quantitative estimate of drug-likeness (QED) is 0.812. The summed E-state index contributed by atoms with van der Waals surface area (Å²) < 4.78 is 5.83. The van der Waals surface area contributed by atoms with Crippen LogP contribution in [0.15, 0.2) is 36.4 Å². The molecule has 0 unspecified atom stereocenters. The first kappa shape index (κ1) is 17.4. The summed E-state index contributed by atoms with van der Waals surface area (Å²) in [5, 5.41) is 3.55. The van der Waals surface area contributed by atoms with Gasteiger partial charge in [0.2, 0.25) is 5.91 Å². The Balaban J connectivity index is 1.78. The zero-order valence-corrected chi connectivity index (χ0v) is 14.5. The Morgan fingerprint density at radius 3 is 2.39 bits per heavy atom. The number of aryl methyl sites for hydroxylation is 2. The van der Waals surface area contributed by atoms with Crippen LogP contribution in [0.25, 0.3) is 0 Å². The van der Waals surface area contributed by atoms with Gasteiger partial charge in [0.05, 0.1) is 13.0 Å². The van der Waals surface area contributed by atoms with Crippen molar-refractivity contribution < 1.29 is 9.53 Å². The Labute approximate surface area is 142 Å². The first-order valence-electron chi connectivity index (χ1n) is 7.68. The highest BCUT2D eigenvalue weighted by Crippen LogP contribution is 2.25. The van der Waals surface area contributed by atoms with E-state index in [1.165, 1.54) is 5.56 Å². The van der Waals surface area contributed by atoms with Gasteiger partial charge in [0.25, 0.3) is 0 Å². The normalized spacial score (nSPS) is 10.4. The van der Waals surface area contributed by atoms with Crippen LogP contribution in [0.2, 0.25) is 5.02 Å². The smallest absolute Gasteiger partial charge is 0.224 e. The second kappa shape index (κ2) is 8.02. The number of amides is 1. The number of halogens is 1. The summed E-state index contributed by atoms with van der Waals surface area (Å²) in [4.78, 5) is 11.9. The molecular formula is C19H22ClNO2. The van der Waals surface area contributed by atoms with E-state index in [9.17, 15) is 4.79 Å². The fraction of sp³-hybridized carbons (Fsp3) is 0.316. The number of rotatable bonds is 6. The van der Waals surface area contributed by atoms with Crippen LogP contribution in [-0.4, -0.2) is 19.1 Å². The van der Waals surface area contributed by atoms with E-state index in [-0.39, 0.29) is 5.91 Å². The Kier molecular flexibility index (Phi) is 6.05. The molecule has 0 saturated carbocycles. The molecule has 3 nitrogen and oxygen atoms in total. The van der Waals surface area contributed by atoms with E-state index in [2.05, 4.69) is 31.3 Å². The van der Waals surface area contributed by atoms with Crippen molar-refractivity contribution in [2.24, 2.45) is 0 Å². The van der Waals surface area contributed by atoms with Gasteiger partial charge in [-0.3, -0.25) is 4.79 Å². The van der Waals surface area contributed by atoms with Crippen molar-refractivity contribution in [3.8, 4) is 5.75 Å². The fourth-order valence-corrected chi connectivity index (χ4v) is 2.47. The number of nitrogens with one attached hydrogen (secondary N) is 1. The summed E-state index contributed by atoms with van der Waals surface area (Å²) in [5.74, 6) is 0.894. The maximum absolute atomic E-state index is 11.9. The van der Waals surface area contributed by atoms with Crippen molar-refractivity contribution >= 4 is 17.5 Å². The summed E-state index contributed by atoms with van der Waals surface area (Å²) in [6.45, 7) is 7.09. The monoisotopic (exact) mass is 331 g/mol. The maximum atomic E-state index is 11.9. The zero-order valence-electron chi connectivity index (χ0n) is 13.8. The molecule has 122 valence electrons. The molecule has 0 aliphatic carbocycles. The van der Waals surface area contributed by atoms with Crippen LogP contribution in [0.5, 0.6) is 5.75 Å². The number of carbonyl (C=O) groups is 1. The van der Waals surface area contributed by atoms with E-state index in [0.29, 0.717) is 24.6 Å². The summed E-state index contributed by atoms with van der Waals surface area (Å²) in [7, 11) is 0. The molecule has 2 rings (SSSR count).